The van der Waals surface area contributed by atoms with E-state index >= 15 is 0 Å². The molecule has 2 rings (SSSR count). The summed E-state index contributed by atoms with van der Waals surface area (Å²) < 4.78 is 13.6. The van der Waals surface area contributed by atoms with Crippen molar-refractivity contribution in [3.8, 4) is 0 Å². The van der Waals surface area contributed by atoms with E-state index in [0.717, 1.165) is 0 Å². The standard InChI is InChI=1S/C14H12ClFN2O2/c15-11-5-10(6-12(8-11)18(19)20)14(17)7-9-3-1-2-4-13(9)16/h1-6,8,14H,7,17H2. The lowest BCUT2D eigenvalue weighted by molar-refractivity contribution is -0.384. The highest BCUT2D eigenvalue weighted by Gasteiger charge is 2.15. The highest BCUT2D eigenvalue weighted by molar-refractivity contribution is 6.30. The SMILES string of the molecule is NC(Cc1ccccc1F)c1cc(Cl)cc([N+](=O)[O-])c1. The molecule has 0 fully saturated rings. The second-order valence-corrected chi connectivity index (χ2v) is 4.84. The molecule has 0 saturated heterocycles. The summed E-state index contributed by atoms with van der Waals surface area (Å²) in [6.45, 7) is 0. The van der Waals surface area contributed by atoms with Gasteiger partial charge in [-0.3, -0.25) is 10.1 Å². The Morgan fingerprint density at radius 1 is 1.30 bits per heavy atom. The van der Waals surface area contributed by atoms with Crippen molar-refractivity contribution in [2.24, 2.45) is 5.73 Å². The van der Waals surface area contributed by atoms with Gasteiger partial charge in [-0.2, -0.15) is 0 Å². The summed E-state index contributed by atoms with van der Waals surface area (Å²) in [7, 11) is 0. The van der Waals surface area contributed by atoms with Gasteiger partial charge in [-0.1, -0.05) is 29.8 Å². The average Bonchev–Trinajstić information content (AvgIpc) is 2.40. The van der Waals surface area contributed by atoms with Crippen LogP contribution in [0, 0.1) is 15.9 Å². The molecule has 6 heteroatoms. The van der Waals surface area contributed by atoms with Gasteiger partial charge in [0.2, 0.25) is 0 Å². The number of nitro groups is 1. The number of nitro benzene ring substituents is 1. The second-order valence-electron chi connectivity index (χ2n) is 4.40. The predicted octanol–water partition coefficient (Wildman–Crippen LogP) is 3.63. The molecule has 20 heavy (non-hydrogen) atoms. The zero-order chi connectivity index (χ0) is 14.7. The third kappa shape index (κ3) is 3.31. The summed E-state index contributed by atoms with van der Waals surface area (Å²) in [4.78, 5) is 10.2. The molecule has 2 aromatic carbocycles. The molecule has 1 unspecified atom stereocenters. The van der Waals surface area contributed by atoms with Gasteiger partial charge in [-0.25, -0.2) is 4.39 Å². The molecule has 0 bridgehead atoms. The number of non-ortho nitro benzene ring substituents is 1. The molecule has 4 nitrogen and oxygen atoms in total. The first-order valence-corrected chi connectivity index (χ1v) is 6.29. The lowest BCUT2D eigenvalue weighted by Gasteiger charge is -2.13. The van der Waals surface area contributed by atoms with Crippen molar-refractivity contribution < 1.29 is 9.31 Å². The van der Waals surface area contributed by atoms with E-state index in [-0.39, 0.29) is 22.9 Å². The van der Waals surface area contributed by atoms with Crippen LogP contribution in [-0.2, 0) is 6.42 Å². The minimum atomic E-state index is -0.565. The van der Waals surface area contributed by atoms with Crippen LogP contribution in [-0.4, -0.2) is 4.92 Å². The van der Waals surface area contributed by atoms with Crippen molar-refractivity contribution in [2.75, 3.05) is 0 Å². The highest BCUT2D eigenvalue weighted by atomic mass is 35.5. The van der Waals surface area contributed by atoms with Crippen LogP contribution in [0.5, 0.6) is 0 Å². The summed E-state index contributed by atoms with van der Waals surface area (Å²) in [6, 6.07) is 9.89. The molecule has 2 N–H and O–H groups in total. The Bertz CT molecular complexity index is 649. The molecule has 104 valence electrons. The van der Waals surface area contributed by atoms with Crippen molar-refractivity contribution in [2.45, 2.75) is 12.5 Å². The molecule has 0 saturated carbocycles. The Hall–Kier alpha value is -1.98. The third-order valence-corrected chi connectivity index (χ3v) is 3.16. The van der Waals surface area contributed by atoms with Crippen LogP contribution in [0.4, 0.5) is 10.1 Å². The van der Waals surface area contributed by atoms with Gasteiger partial charge in [0.05, 0.1) is 4.92 Å². The molecule has 0 amide bonds. The number of rotatable bonds is 4. The van der Waals surface area contributed by atoms with E-state index < -0.39 is 11.0 Å². The first-order valence-electron chi connectivity index (χ1n) is 5.91. The highest BCUT2D eigenvalue weighted by Crippen LogP contribution is 2.26. The Morgan fingerprint density at radius 2 is 2.00 bits per heavy atom. The Kier molecular flexibility index (Phi) is 4.32. The minimum Gasteiger partial charge on any atom is -0.324 e. The third-order valence-electron chi connectivity index (χ3n) is 2.94. The largest absolute Gasteiger partial charge is 0.324 e. The smallest absolute Gasteiger partial charge is 0.271 e. The summed E-state index contributed by atoms with van der Waals surface area (Å²) in [5.74, 6) is -0.348. The molecular weight excluding hydrogens is 283 g/mol. The van der Waals surface area contributed by atoms with Gasteiger partial charge in [-0.15, -0.1) is 0 Å². The fourth-order valence-corrected chi connectivity index (χ4v) is 2.17. The van der Waals surface area contributed by atoms with E-state index in [1.165, 1.54) is 18.2 Å². The predicted molar refractivity (Wildman–Crippen MR) is 75.1 cm³/mol. The lowest BCUT2D eigenvalue weighted by Crippen LogP contribution is -2.14. The Morgan fingerprint density at radius 3 is 2.65 bits per heavy atom. The average molecular weight is 295 g/mol. The van der Waals surface area contributed by atoms with Gasteiger partial charge < -0.3 is 5.73 Å². The van der Waals surface area contributed by atoms with Gasteiger partial charge in [0.25, 0.3) is 5.69 Å². The molecule has 0 aliphatic carbocycles. The zero-order valence-corrected chi connectivity index (χ0v) is 11.2. The van der Waals surface area contributed by atoms with E-state index in [2.05, 4.69) is 0 Å². The molecule has 1 atom stereocenters. The van der Waals surface area contributed by atoms with Crippen molar-refractivity contribution in [1.29, 1.82) is 0 Å². The van der Waals surface area contributed by atoms with Gasteiger partial charge in [0, 0.05) is 23.2 Å². The quantitative estimate of drug-likeness (QED) is 0.691. The van der Waals surface area contributed by atoms with Gasteiger partial charge in [0.1, 0.15) is 5.82 Å². The van der Waals surface area contributed by atoms with Crippen LogP contribution in [0.1, 0.15) is 17.2 Å². The number of halogens is 2. The van der Waals surface area contributed by atoms with Crippen molar-refractivity contribution >= 4 is 17.3 Å². The molecular formula is C14H12ClFN2O2. The Balaban J connectivity index is 2.27. The maximum Gasteiger partial charge on any atom is 0.271 e. The molecule has 0 radical (unpaired) electrons. The normalized spacial score (nSPS) is 12.2. The number of hydrogen-bond acceptors (Lipinski definition) is 3. The molecule has 0 aliphatic rings. The number of benzene rings is 2. The number of nitrogens with zero attached hydrogens (tertiary/aromatic N) is 1. The van der Waals surface area contributed by atoms with Crippen molar-refractivity contribution in [3.63, 3.8) is 0 Å². The van der Waals surface area contributed by atoms with Crippen LogP contribution < -0.4 is 5.73 Å². The monoisotopic (exact) mass is 294 g/mol. The molecule has 0 aliphatic heterocycles. The maximum absolute atomic E-state index is 13.6. The minimum absolute atomic E-state index is 0.128. The summed E-state index contributed by atoms with van der Waals surface area (Å²) in [5, 5.41) is 11.0. The van der Waals surface area contributed by atoms with Crippen LogP contribution in [0.3, 0.4) is 0 Å². The van der Waals surface area contributed by atoms with Crippen LogP contribution in [0.2, 0.25) is 5.02 Å². The molecule has 0 aromatic heterocycles. The molecule has 2 aromatic rings. The zero-order valence-electron chi connectivity index (χ0n) is 10.4. The topological polar surface area (TPSA) is 69.2 Å². The van der Waals surface area contributed by atoms with Gasteiger partial charge >= 0.3 is 0 Å². The Labute approximate surface area is 120 Å². The van der Waals surface area contributed by atoms with E-state index in [9.17, 15) is 14.5 Å². The second kappa shape index (κ2) is 5.98. The fourth-order valence-electron chi connectivity index (χ4n) is 1.93. The number of hydrogen-bond donors (Lipinski definition) is 1. The van der Waals surface area contributed by atoms with Crippen molar-refractivity contribution in [1.82, 2.24) is 0 Å². The maximum atomic E-state index is 13.6. The van der Waals surface area contributed by atoms with Crippen LogP contribution >= 0.6 is 11.6 Å². The van der Waals surface area contributed by atoms with E-state index in [1.54, 1.807) is 24.3 Å². The van der Waals surface area contributed by atoms with Crippen molar-refractivity contribution in [3.05, 3.63) is 74.5 Å². The van der Waals surface area contributed by atoms with Crippen LogP contribution in [0.15, 0.2) is 42.5 Å². The van der Waals surface area contributed by atoms with E-state index in [4.69, 9.17) is 17.3 Å². The summed E-state index contributed by atoms with van der Waals surface area (Å²) >= 11 is 5.84. The molecule has 0 heterocycles. The van der Waals surface area contributed by atoms with Crippen LogP contribution in [0.25, 0.3) is 0 Å². The molecule has 0 spiro atoms. The van der Waals surface area contributed by atoms with Gasteiger partial charge in [0.15, 0.2) is 0 Å². The first-order chi connectivity index (χ1) is 9.47. The van der Waals surface area contributed by atoms with E-state index in [0.29, 0.717) is 11.1 Å². The first kappa shape index (κ1) is 14.4. The number of nitrogens with two attached hydrogens (primary N) is 1. The summed E-state index contributed by atoms with van der Waals surface area (Å²) in [5.41, 5.74) is 6.83. The van der Waals surface area contributed by atoms with Gasteiger partial charge in [-0.05, 0) is 29.7 Å². The van der Waals surface area contributed by atoms with E-state index in [1.807, 2.05) is 0 Å². The summed E-state index contributed by atoms with van der Waals surface area (Å²) in [6.07, 6.45) is 0.240. The fraction of sp³-hybridized carbons (Fsp3) is 0.143. The lowest BCUT2D eigenvalue weighted by atomic mass is 9.99.